The lowest BCUT2D eigenvalue weighted by Gasteiger charge is -2.27. The van der Waals surface area contributed by atoms with Gasteiger partial charge >= 0.3 is 0 Å². The summed E-state index contributed by atoms with van der Waals surface area (Å²) in [6, 6.07) is 0.822. The minimum atomic E-state index is 0.822. The van der Waals surface area contributed by atoms with Crippen LogP contribution in [-0.2, 0) is 0 Å². The Morgan fingerprint density at radius 3 is 2.20 bits per heavy atom. The quantitative estimate of drug-likeness (QED) is 0.621. The van der Waals surface area contributed by atoms with E-state index in [-0.39, 0.29) is 0 Å². The first-order chi connectivity index (χ1) is 4.86. The van der Waals surface area contributed by atoms with Gasteiger partial charge in [0.2, 0.25) is 0 Å². The fraction of sp³-hybridized carbons (Fsp3) is 1.00. The third-order valence-electron chi connectivity index (χ3n) is 2.83. The first kappa shape index (κ1) is 8.06. The van der Waals surface area contributed by atoms with Crippen molar-refractivity contribution in [1.29, 1.82) is 0 Å². The zero-order chi connectivity index (χ0) is 7.40. The van der Waals surface area contributed by atoms with Gasteiger partial charge in [-0.3, -0.25) is 0 Å². The highest BCUT2D eigenvalue weighted by Crippen LogP contribution is 2.25. The molecule has 1 nitrogen and oxygen atoms in total. The second-order valence-electron chi connectivity index (χ2n) is 3.41. The Bertz CT molecular complexity index is 70.7. The average Bonchev–Trinajstić information content (AvgIpc) is 2.05. The van der Waals surface area contributed by atoms with Crippen LogP contribution in [0.15, 0.2) is 0 Å². The molecule has 0 aliphatic heterocycles. The SMILES string of the molecule is CC[C@H]1CC[C@@H](NC)CC1. The number of hydrogen-bond donors (Lipinski definition) is 1. The van der Waals surface area contributed by atoms with Crippen LogP contribution in [0.2, 0.25) is 0 Å². The molecule has 0 spiro atoms. The van der Waals surface area contributed by atoms with Gasteiger partial charge in [0, 0.05) is 6.04 Å². The van der Waals surface area contributed by atoms with Gasteiger partial charge in [0.1, 0.15) is 0 Å². The Kier molecular flexibility index (Phi) is 3.20. The molecule has 1 fully saturated rings. The Balaban J connectivity index is 2.17. The van der Waals surface area contributed by atoms with Crippen LogP contribution >= 0.6 is 0 Å². The Morgan fingerprint density at radius 2 is 1.80 bits per heavy atom. The second-order valence-corrected chi connectivity index (χ2v) is 3.41. The van der Waals surface area contributed by atoms with Crippen molar-refractivity contribution in [2.24, 2.45) is 5.92 Å². The molecule has 0 aromatic carbocycles. The van der Waals surface area contributed by atoms with Crippen molar-refractivity contribution in [2.75, 3.05) is 7.05 Å². The predicted octanol–water partition coefficient (Wildman–Crippen LogP) is 2.17. The van der Waals surface area contributed by atoms with E-state index in [4.69, 9.17) is 0 Å². The molecule has 0 heterocycles. The van der Waals surface area contributed by atoms with Crippen LogP contribution in [0, 0.1) is 5.92 Å². The lowest BCUT2D eigenvalue weighted by Crippen LogP contribution is -2.29. The van der Waals surface area contributed by atoms with E-state index in [1.165, 1.54) is 32.1 Å². The fourth-order valence-electron chi connectivity index (χ4n) is 1.86. The molecule has 60 valence electrons. The molecule has 0 amide bonds. The zero-order valence-electron chi connectivity index (χ0n) is 7.19. The summed E-state index contributed by atoms with van der Waals surface area (Å²) in [7, 11) is 2.08. The molecule has 0 saturated heterocycles. The Morgan fingerprint density at radius 1 is 1.20 bits per heavy atom. The van der Waals surface area contributed by atoms with E-state index in [9.17, 15) is 0 Å². The first-order valence-electron chi connectivity index (χ1n) is 4.54. The Labute approximate surface area is 64.2 Å². The molecular weight excluding hydrogens is 122 g/mol. The van der Waals surface area contributed by atoms with Crippen molar-refractivity contribution in [1.82, 2.24) is 5.32 Å². The molecule has 0 radical (unpaired) electrons. The van der Waals surface area contributed by atoms with E-state index in [1.54, 1.807) is 0 Å². The van der Waals surface area contributed by atoms with E-state index in [1.807, 2.05) is 0 Å². The van der Waals surface area contributed by atoms with Gasteiger partial charge in [-0.05, 0) is 38.6 Å². The maximum Gasteiger partial charge on any atom is 0.00642 e. The average molecular weight is 141 g/mol. The van der Waals surface area contributed by atoms with Crippen LogP contribution in [-0.4, -0.2) is 13.1 Å². The summed E-state index contributed by atoms with van der Waals surface area (Å²) in [5, 5.41) is 3.35. The molecule has 1 aliphatic carbocycles. The molecular formula is C9H19N. The van der Waals surface area contributed by atoms with Gasteiger partial charge in [-0.25, -0.2) is 0 Å². The molecule has 0 unspecified atom stereocenters. The number of hydrogen-bond acceptors (Lipinski definition) is 1. The highest BCUT2D eigenvalue weighted by Gasteiger charge is 2.17. The third-order valence-corrected chi connectivity index (χ3v) is 2.83. The summed E-state index contributed by atoms with van der Waals surface area (Å²) in [5.41, 5.74) is 0. The molecule has 1 aliphatic rings. The van der Waals surface area contributed by atoms with Gasteiger partial charge in [-0.2, -0.15) is 0 Å². The maximum absolute atomic E-state index is 3.35. The fourth-order valence-corrected chi connectivity index (χ4v) is 1.86. The summed E-state index contributed by atoms with van der Waals surface area (Å²) >= 11 is 0. The molecule has 0 atom stereocenters. The summed E-state index contributed by atoms with van der Waals surface area (Å²) in [4.78, 5) is 0. The monoisotopic (exact) mass is 141 g/mol. The van der Waals surface area contributed by atoms with E-state index in [2.05, 4.69) is 19.3 Å². The molecule has 1 saturated carbocycles. The second kappa shape index (κ2) is 3.97. The van der Waals surface area contributed by atoms with Crippen molar-refractivity contribution in [3.05, 3.63) is 0 Å². The Hall–Kier alpha value is -0.0400. The molecule has 0 aromatic rings. The van der Waals surface area contributed by atoms with Crippen molar-refractivity contribution < 1.29 is 0 Å². The molecule has 10 heavy (non-hydrogen) atoms. The van der Waals surface area contributed by atoms with Crippen LogP contribution in [0.25, 0.3) is 0 Å². The van der Waals surface area contributed by atoms with Crippen LogP contribution < -0.4 is 5.32 Å². The van der Waals surface area contributed by atoms with Gasteiger partial charge in [0.15, 0.2) is 0 Å². The van der Waals surface area contributed by atoms with Crippen molar-refractivity contribution >= 4 is 0 Å². The van der Waals surface area contributed by atoms with Gasteiger partial charge in [0.05, 0.1) is 0 Å². The van der Waals surface area contributed by atoms with Crippen molar-refractivity contribution in [3.63, 3.8) is 0 Å². The minimum absolute atomic E-state index is 0.822. The van der Waals surface area contributed by atoms with Crippen LogP contribution in [0.5, 0.6) is 0 Å². The van der Waals surface area contributed by atoms with Gasteiger partial charge in [-0.15, -0.1) is 0 Å². The number of rotatable bonds is 2. The van der Waals surface area contributed by atoms with E-state index in [0.29, 0.717) is 0 Å². The van der Waals surface area contributed by atoms with Gasteiger partial charge in [-0.1, -0.05) is 13.3 Å². The van der Waals surface area contributed by atoms with Crippen molar-refractivity contribution in [3.8, 4) is 0 Å². The lowest BCUT2D eigenvalue weighted by atomic mass is 9.85. The zero-order valence-corrected chi connectivity index (χ0v) is 7.19. The molecule has 0 aromatic heterocycles. The summed E-state index contributed by atoms with van der Waals surface area (Å²) in [6.07, 6.45) is 7.07. The standard InChI is InChI=1S/C9H19N/c1-3-8-4-6-9(10-2)7-5-8/h8-10H,3-7H2,1-2H3/t8-,9+. The largest absolute Gasteiger partial charge is 0.317 e. The highest BCUT2D eigenvalue weighted by atomic mass is 14.9. The van der Waals surface area contributed by atoms with E-state index >= 15 is 0 Å². The van der Waals surface area contributed by atoms with Gasteiger partial charge < -0.3 is 5.32 Å². The first-order valence-corrected chi connectivity index (χ1v) is 4.54. The summed E-state index contributed by atoms with van der Waals surface area (Å²) < 4.78 is 0. The van der Waals surface area contributed by atoms with Crippen molar-refractivity contribution in [2.45, 2.75) is 45.1 Å². The lowest BCUT2D eigenvalue weighted by molar-refractivity contribution is 0.296. The van der Waals surface area contributed by atoms with Crippen LogP contribution in [0.1, 0.15) is 39.0 Å². The third kappa shape index (κ3) is 1.98. The number of nitrogens with one attached hydrogen (secondary N) is 1. The topological polar surface area (TPSA) is 12.0 Å². The molecule has 1 heteroatoms. The predicted molar refractivity (Wildman–Crippen MR) is 45.1 cm³/mol. The normalized spacial score (nSPS) is 34.2. The van der Waals surface area contributed by atoms with Gasteiger partial charge in [0.25, 0.3) is 0 Å². The maximum atomic E-state index is 3.35. The van der Waals surface area contributed by atoms with Crippen LogP contribution in [0.4, 0.5) is 0 Å². The summed E-state index contributed by atoms with van der Waals surface area (Å²) in [6.45, 7) is 2.31. The summed E-state index contributed by atoms with van der Waals surface area (Å²) in [5.74, 6) is 1.03. The highest BCUT2D eigenvalue weighted by molar-refractivity contribution is 4.74. The minimum Gasteiger partial charge on any atom is -0.317 e. The smallest absolute Gasteiger partial charge is 0.00642 e. The molecule has 0 bridgehead atoms. The van der Waals surface area contributed by atoms with E-state index < -0.39 is 0 Å². The molecule has 1 rings (SSSR count). The van der Waals surface area contributed by atoms with Crippen LogP contribution in [0.3, 0.4) is 0 Å². The molecule has 1 N–H and O–H groups in total. The van der Waals surface area contributed by atoms with E-state index in [0.717, 1.165) is 12.0 Å².